The maximum atomic E-state index is 13.4. The van der Waals surface area contributed by atoms with Crippen LogP contribution in [-0.4, -0.2) is 55.5 Å². The molecular formula is C22H25Cl2N3O4S. The Morgan fingerprint density at radius 2 is 1.75 bits per heavy atom. The Morgan fingerprint density at radius 3 is 2.47 bits per heavy atom. The largest absolute Gasteiger partial charge is 0.379 e. The molecule has 0 bridgehead atoms. The first-order valence-electron chi connectivity index (χ1n) is 10.7. The molecule has 172 valence electrons. The predicted molar refractivity (Wildman–Crippen MR) is 123 cm³/mol. The van der Waals surface area contributed by atoms with Crippen molar-refractivity contribution >= 4 is 39.1 Å². The van der Waals surface area contributed by atoms with E-state index in [0.29, 0.717) is 18.7 Å². The molecule has 1 aliphatic carbocycles. The number of ether oxygens (including phenoxy) is 1. The molecule has 1 aromatic carbocycles. The van der Waals surface area contributed by atoms with Gasteiger partial charge in [0.05, 0.1) is 34.9 Å². The van der Waals surface area contributed by atoms with Gasteiger partial charge in [-0.15, -0.1) is 0 Å². The van der Waals surface area contributed by atoms with Gasteiger partial charge in [-0.3, -0.25) is 14.4 Å². The SMILES string of the molecule is O=C(c1cc(S(=O)(=O)N2CCOCC2)c(Cl)cc1Cl)n1ccccc1=NC1CCCCC1. The Balaban J connectivity index is 1.74. The molecule has 2 fully saturated rings. The molecule has 1 aromatic heterocycles. The first-order chi connectivity index (χ1) is 15.4. The lowest BCUT2D eigenvalue weighted by molar-refractivity contribution is 0.0730. The van der Waals surface area contributed by atoms with Gasteiger partial charge in [-0.1, -0.05) is 48.5 Å². The van der Waals surface area contributed by atoms with Crippen molar-refractivity contribution in [1.82, 2.24) is 8.87 Å². The van der Waals surface area contributed by atoms with E-state index in [9.17, 15) is 13.2 Å². The molecule has 0 amide bonds. The molecule has 32 heavy (non-hydrogen) atoms. The normalized spacial score (nSPS) is 19.2. The van der Waals surface area contributed by atoms with Crippen LogP contribution in [-0.2, 0) is 14.8 Å². The van der Waals surface area contributed by atoms with Gasteiger partial charge in [-0.2, -0.15) is 4.31 Å². The Morgan fingerprint density at radius 1 is 1.03 bits per heavy atom. The lowest BCUT2D eigenvalue weighted by Gasteiger charge is -2.26. The lowest BCUT2D eigenvalue weighted by atomic mass is 9.96. The number of carbonyl (C=O) groups is 1. The summed E-state index contributed by atoms with van der Waals surface area (Å²) >= 11 is 12.6. The molecule has 0 atom stereocenters. The Labute approximate surface area is 197 Å². The monoisotopic (exact) mass is 497 g/mol. The summed E-state index contributed by atoms with van der Waals surface area (Å²) in [5.74, 6) is -0.458. The highest BCUT2D eigenvalue weighted by atomic mass is 35.5. The summed E-state index contributed by atoms with van der Waals surface area (Å²) in [6.45, 7) is 1.06. The van der Waals surface area contributed by atoms with Crippen molar-refractivity contribution in [3.05, 3.63) is 57.6 Å². The minimum Gasteiger partial charge on any atom is -0.379 e. The highest BCUT2D eigenvalue weighted by molar-refractivity contribution is 7.89. The maximum Gasteiger partial charge on any atom is 0.265 e. The summed E-state index contributed by atoms with van der Waals surface area (Å²) in [7, 11) is -3.90. The zero-order valence-corrected chi connectivity index (χ0v) is 19.9. The molecule has 1 aliphatic heterocycles. The van der Waals surface area contributed by atoms with Crippen LogP contribution in [0.1, 0.15) is 42.5 Å². The Kier molecular flexibility index (Phi) is 7.37. The molecule has 4 rings (SSSR count). The third kappa shape index (κ3) is 4.94. The van der Waals surface area contributed by atoms with E-state index in [2.05, 4.69) is 0 Å². The third-order valence-corrected chi connectivity index (χ3v) is 8.46. The highest BCUT2D eigenvalue weighted by Gasteiger charge is 2.30. The molecule has 0 spiro atoms. The van der Waals surface area contributed by atoms with Gasteiger partial charge in [0, 0.05) is 19.3 Å². The summed E-state index contributed by atoms with van der Waals surface area (Å²) in [5.41, 5.74) is 0.576. The van der Waals surface area contributed by atoms with E-state index >= 15 is 0 Å². The van der Waals surface area contributed by atoms with Crippen molar-refractivity contribution in [1.29, 1.82) is 0 Å². The Bertz CT molecular complexity index is 1170. The van der Waals surface area contributed by atoms with Crippen LogP contribution in [0.25, 0.3) is 0 Å². The fraction of sp³-hybridized carbons (Fsp3) is 0.455. The van der Waals surface area contributed by atoms with Crippen LogP contribution >= 0.6 is 23.2 Å². The van der Waals surface area contributed by atoms with Gasteiger partial charge in [0.1, 0.15) is 10.4 Å². The second-order valence-corrected chi connectivity index (χ2v) is 10.7. The minimum absolute atomic E-state index is 0.0248. The number of aromatic nitrogens is 1. The quantitative estimate of drug-likeness (QED) is 0.644. The molecule has 0 radical (unpaired) electrons. The summed E-state index contributed by atoms with van der Waals surface area (Å²) in [6, 6.07) is 8.08. The first kappa shape index (κ1) is 23.4. The molecule has 2 aromatic rings. The molecule has 2 heterocycles. The smallest absolute Gasteiger partial charge is 0.265 e. The molecule has 2 aliphatic rings. The number of hydrogen-bond acceptors (Lipinski definition) is 5. The van der Waals surface area contributed by atoms with Gasteiger partial charge in [0.2, 0.25) is 10.0 Å². The number of hydrogen-bond donors (Lipinski definition) is 0. The van der Waals surface area contributed by atoms with Crippen molar-refractivity contribution in [3.63, 3.8) is 0 Å². The van der Waals surface area contributed by atoms with Gasteiger partial charge < -0.3 is 4.74 Å². The van der Waals surface area contributed by atoms with E-state index in [1.807, 2.05) is 6.07 Å². The van der Waals surface area contributed by atoms with Gasteiger partial charge in [-0.25, -0.2) is 8.42 Å². The Hall–Kier alpha value is -1.71. The summed E-state index contributed by atoms with van der Waals surface area (Å²) < 4.78 is 34.3. The van der Waals surface area contributed by atoms with E-state index in [1.165, 1.54) is 27.4 Å². The van der Waals surface area contributed by atoms with Crippen LogP contribution in [0, 0.1) is 0 Å². The topological polar surface area (TPSA) is 81.0 Å². The van der Waals surface area contributed by atoms with E-state index in [1.54, 1.807) is 18.3 Å². The highest BCUT2D eigenvalue weighted by Crippen LogP contribution is 2.31. The van der Waals surface area contributed by atoms with Crippen LogP contribution in [0.15, 0.2) is 46.4 Å². The molecule has 1 saturated heterocycles. The third-order valence-electron chi connectivity index (χ3n) is 5.79. The summed E-state index contributed by atoms with van der Waals surface area (Å²) in [6.07, 6.45) is 7.06. The van der Waals surface area contributed by atoms with Crippen molar-refractivity contribution in [2.24, 2.45) is 4.99 Å². The number of halogens is 2. The van der Waals surface area contributed by atoms with Crippen molar-refractivity contribution in [2.45, 2.75) is 43.0 Å². The standard InChI is InChI=1S/C22H25Cl2N3O4S/c23-18-15-19(24)20(32(29,30)26-10-12-31-13-11-26)14-17(18)22(28)27-9-5-4-8-21(27)25-16-6-2-1-3-7-16/h4-5,8-9,14-16H,1-3,6-7,10-13H2. The zero-order valence-electron chi connectivity index (χ0n) is 17.5. The van der Waals surface area contributed by atoms with E-state index in [4.69, 9.17) is 32.9 Å². The van der Waals surface area contributed by atoms with Crippen LogP contribution in [0.2, 0.25) is 10.0 Å². The summed E-state index contributed by atoms with van der Waals surface area (Å²) in [4.78, 5) is 18.1. The number of morpholine rings is 1. The molecule has 0 unspecified atom stereocenters. The van der Waals surface area contributed by atoms with Gasteiger partial charge in [-0.05, 0) is 37.1 Å². The average Bonchev–Trinajstić information content (AvgIpc) is 2.80. The molecular weight excluding hydrogens is 473 g/mol. The fourth-order valence-electron chi connectivity index (χ4n) is 4.05. The van der Waals surface area contributed by atoms with Crippen LogP contribution in [0.4, 0.5) is 0 Å². The van der Waals surface area contributed by atoms with Crippen LogP contribution in [0.5, 0.6) is 0 Å². The fourth-order valence-corrected chi connectivity index (χ4v) is 6.29. The van der Waals surface area contributed by atoms with Crippen LogP contribution < -0.4 is 5.49 Å². The van der Waals surface area contributed by atoms with Crippen LogP contribution in [0.3, 0.4) is 0 Å². The average molecular weight is 498 g/mol. The van der Waals surface area contributed by atoms with Gasteiger partial charge >= 0.3 is 0 Å². The summed E-state index contributed by atoms with van der Waals surface area (Å²) in [5, 5.41) is 0.0594. The van der Waals surface area contributed by atoms with Crippen molar-refractivity contribution in [3.8, 4) is 0 Å². The molecule has 10 heteroatoms. The molecule has 1 saturated carbocycles. The van der Waals surface area contributed by atoms with Crippen molar-refractivity contribution < 1.29 is 17.9 Å². The zero-order chi connectivity index (χ0) is 22.7. The molecule has 0 N–H and O–H groups in total. The van der Waals surface area contributed by atoms with E-state index < -0.39 is 15.9 Å². The second kappa shape index (κ2) is 10.1. The number of sulfonamides is 1. The number of pyridine rings is 1. The number of benzene rings is 1. The van der Waals surface area contributed by atoms with Gasteiger partial charge in [0.25, 0.3) is 5.91 Å². The van der Waals surface area contributed by atoms with E-state index in [0.717, 1.165) is 25.7 Å². The van der Waals surface area contributed by atoms with Crippen molar-refractivity contribution in [2.75, 3.05) is 26.3 Å². The number of carbonyl (C=O) groups excluding carboxylic acids is 1. The molecule has 7 nitrogen and oxygen atoms in total. The number of rotatable bonds is 4. The predicted octanol–water partition coefficient (Wildman–Crippen LogP) is 3.74. The van der Waals surface area contributed by atoms with E-state index in [-0.39, 0.29) is 39.6 Å². The maximum absolute atomic E-state index is 13.4. The lowest BCUT2D eigenvalue weighted by Crippen LogP contribution is -2.40. The van der Waals surface area contributed by atoms with Gasteiger partial charge in [0.15, 0.2) is 0 Å². The first-order valence-corrected chi connectivity index (χ1v) is 12.9. The second-order valence-electron chi connectivity index (χ2n) is 7.93. The minimum atomic E-state index is -3.90. The number of nitrogens with zero attached hydrogens (tertiary/aromatic N) is 3.